The van der Waals surface area contributed by atoms with Gasteiger partial charge in [0.05, 0.1) is 18.4 Å². The molecule has 0 unspecified atom stereocenters. The largest absolute Gasteiger partial charge is 0.507 e. The van der Waals surface area contributed by atoms with Gasteiger partial charge in [-0.3, -0.25) is 9.59 Å². The predicted molar refractivity (Wildman–Crippen MR) is 131 cm³/mol. The standard InChI is InChI=1S/C14H13NO3.C12H16N2O/c1-18-13-8-12(16)10(7-11(13)15)14(17)9-5-3-2-4-6-9;1-9(2)12(15)14-8-7-10-3-5-11(13)6-4-10/h2-8,16H,15H2,1H3;3-6H,1,7-8,13H2,2H3,(H,14,15). The van der Waals surface area contributed by atoms with Gasteiger partial charge in [-0.2, -0.15) is 0 Å². The highest BCUT2D eigenvalue weighted by molar-refractivity contribution is 6.11. The maximum absolute atomic E-state index is 12.2. The first-order chi connectivity index (χ1) is 15.7. The Balaban J connectivity index is 0.000000238. The fourth-order valence-electron chi connectivity index (χ4n) is 2.85. The quantitative estimate of drug-likeness (QED) is 0.189. The number of nitrogen functional groups attached to an aromatic ring is 2. The third kappa shape index (κ3) is 7.43. The molecule has 0 aromatic heterocycles. The number of nitrogens with one attached hydrogen (secondary N) is 1. The number of ether oxygens (including phenoxy) is 1. The highest BCUT2D eigenvalue weighted by Gasteiger charge is 2.16. The van der Waals surface area contributed by atoms with Crippen molar-refractivity contribution in [2.24, 2.45) is 0 Å². The number of benzene rings is 3. The van der Waals surface area contributed by atoms with Gasteiger partial charge < -0.3 is 26.6 Å². The fraction of sp³-hybridized carbons (Fsp3) is 0.154. The van der Waals surface area contributed by atoms with E-state index in [2.05, 4.69) is 11.9 Å². The normalized spacial score (nSPS) is 9.88. The van der Waals surface area contributed by atoms with Crippen LogP contribution < -0.4 is 21.5 Å². The van der Waals surface area contributed by atoms with E-state index in [1.54, 1.807) is 31.2 Å². The van der Waals surface area contributed by atoms with Crippen molar-refractivity contribution in [2.45, 2.75) is 13.3 Å². The van der Waals surface area contributed by atoms with Crippen LogP contribution in [-0.2, 0) is 11.2 Å². The molecule has 1 amide bonds. The summed E-state index contributed by atoms with van der Waals surface area (Å²) in [6.07, 6.45) is 0.805. The number of anilines is 2. The lowest BCUT2D eigenvalue weighted by atomic mass is 10.0. The molecule has 7 heteroatoms. The summed E-state index contributed by atoms with van der Waals surface area (Å²) in [7, 11) is 1.45. The van der Waals surface area contributed by atoms with Gasteiger partial charge >= 0.3 is 0 Å². The molecule has 0 heterocycles. The molecule has 0 fully saturated rings. The lowest BCUT2D eigenvalue weighted by Crippen LogP contribution is -2.25. The topological polar surface area (TPSA) is 128 Å². The van der Waals surface area contributed by atoms with Crippen LogP contribution in [0.15, 0.2) is 78.9 Å². The third-order valence-corrected chi connectivity index (χ3v) is 4.70. The van der Waals surface area contributed by atoms with Crippen molar-refractivity contribution in [3.63, 3.8) is 0 Å². The number of rotatable bonds is 7. The third-order valence-electron chi connectivity index (χ3n) is 4.70. The van der Waals surface area contributed by atoms with E-state index < -0.39 is 0 Å². The van der Waals surface area contributed by atoms with Crippen LogP contribution in [0.1, 0.15) is 28.4 Å². The SMILES string of the molecule is C=C(C)C(=O)NCCc1ccc(N)cc1.COc1cc(O)c(C(=O)c2ccccc2)cc1N. The Labute approximate surface area is 193 Å². The van der Waals surface area contributed by atoms with E-state index in [0.717, 1.165) is 17.7 Å². The van der Waals surface area contributed by atoms with Gasteiger partial charge in [0.15, 0.2) is 5.78 Å². The zero-order chi connectivity index (χ0) is 24.4. The first-order valence-electron chi connectivity index (χ1n) is 10.3. The van der Waals surface area contributed by atoms with Crippen LogP contribution >= 0.6 is 0 Å². The lowest BCUT2D eigenvalue weighted by Gasteiger charge is -2.09. The molecule has 0 aliphatic carbocycles. The zero-order valence-electron chi connectivity index (χ0n) is 18.8. The number of hydrogen-bond donors (Lipinski definition) is 4. The van der Waals surface area contributed by atoms with Gasteiger partial charge in [0.1, 0.15) is 11.5 Å². The Bertz CT molecular complexity index is 1110. The molecular weight excluding hydrogens is 418 g/mol. The van der Waals surface area contributed by atoms with E-state index in [-0.39, 0.29) is 23.0 Å². The number of phenols is 1. The van der Waals surface area contributed by atoms with Crippen LogP contribution in [0.3, 0.4) is 0 Å². The van der Waals surface area contributed by atoms with Gasteiger partial charge in [-0.15, -0.1) is 0 Å². The number of nitrogens with two attached hydrogens (primary N) is 2. The van der Waals surface area contributed by atoms with Crippen molar-refractivity contribution in [1.82, 2.24) is 5.32 Å². The van der Waals surface area contributed by atoms with Gasteiger partial charge in [-0.25, -0.2) is 0 Å². The Hall–Kier alpha value is -4.26. The molecule has 3 aromatic carbocycles. The molecule has 0 saturated carbocycles. The second kappa shape index (κ2) is 12.0. The smallest absolute Gasteiger partial charge is 0.246 e. The van der Waals surface area contributed by atoms with Crippen LogP contribution in [-0.4, -0.2) is 30.5 Å². The van der Waals surface area contributed by atoms with E-state index in [1.165, 1.54) is 19.2 Å². The monoisotopic (exact) mass is 447 g/mol. The van der Waals surface area contributed by atoms with E-state index in [1.807, 2.05) is 30.3 Å². The highest BCUT2D eigenvalue weighted by Crippen LogP contribution is 2.31. The number of aromatic hydroxyl groups is 1. The molecule has 0 atom stereocenters. The van der Waals surface area contributed by atoms with Crippen molar-refractivity contribution in [1.29, 1.82) is 0 Å². The number of hydrogen-bond acceptors (Lipinski definition) is 6. The lowest BCUT2D eigenvalue weighted by molar-refractivity contribution is -0.117. The average Bonchev–Trinajstić information content (AvgIpc) is 2.82. The highest BCUT2D eigenvalue weighted by atomic mass is 16.5. The van der Waals surface area contributed by atoms with Crippen molar-refractivity contribution < 1.29 is 19.4 Å². The summed E-state index contributed by atoms with van der Waals surface area (Å²) in [4.78, 5) is 23.3. The second-order valence-corrected chi connectivity index (χ2v) is 7.33. The number of amides is 1. The molecule has 3 rings (SSSR count). The molecule has 33 heavy (non-hydrogen) atoms. The van der Waals surface area contributed by atoms with Gasteiger partial charge in [-0.05, 0) is 37.1 Å². The number of carbonyl (C=O) groups excluding carboxylic acids is 2. The summed E-state index contributed by atoms with van der Waals surface area (Å²) in [6.45, 7) is 5.88. The first kappa shape index (κ1) is 25.0. The predicted octanol–water partition coefficient (Wildman–Crippen LogP) is 3.72. The molecule has 0 aliphatic rings. The molecule has 0 radical (unpaired) electrons. The van der Waals surface area contributed by atoms with Crippen LogP contribution in [0.25, 0.3) is 0 Å². The molecule has 0 saturated heterocycles. The minimum absolute atomic E-state index is 0.0922. The number of phenolic OH excluding ortho intramolecular Hbond substituents is 1. The Morgan fingerprint density at radius 1 is 1.03 bits per heavy atom. The van der Waals surface area contributed by atoms with E-state index in [0.29, 0.717) is 29.1 Å². The van der Waals surface area contributed by atoms with Gasteiger partial charge in [-0.1, -0.05) is 49.0 Å². The molecule has 0 bridgehead atoms. The minimum Gasteiger partial charge on any atom is -0.507 e. The van der Waals surface area contributed by atoms with E-state index in [4.69, 9.17) is 16.2 Å². The van der Waals surface area contributed by atoms with E-state index >= 15 is 0 Å². The maximum Gasteiger partial charge on any atom is 0.246 e. The van der Waals surface area contributed by atoms with Crippen LogP contribution in [0.4, 0.5) is 11.4 Å². The van der Waals surface area contributed by atoms with Crippen LogP contribution in [0.2, 0.25) is 0 Å². The number of carbonyl (C=O) groups is 2. The second-order valence-electron chi connectivity index (χ2n) is 7.33. The summed E-state index contributed by atoms with van der Waals surface area (Å²) in [5.74, 6) is -0.167. The Kier molecular flexibility index (Phi) is 9.06. The van der Waals surface area contributed by atoms with Crippen LogP contribution in [0, 0.1) is 0 Å². The zero-order valence-corrected chi connectivity index (χ0v) is 18.8. The molecule has 0 aliphatic heterocycles. The number of methoxy groups -OCH3 is 1. The van der Waals surface area contributed by atoms with Gasteiger partial charge in [0.2, 0.25) is 5.91 Å². The minimum atomic E-state index is -0.276. The molecular formula is C26H29N3O4. The molecule has 7 nitrogen and oxygen atoms in total. The van der Waals surface area contributed by atoms with Crippen molar-refractivity contribution in [2.75, 3.05) is 25.1 Å². The first-order valence-corrected chi connectivity index (χ1v) is 10.3. The van der Waals surface area contributed by atoms with Gasteiger partial charge in [0, 0.05) is 29.4 Å². The Morgan fingerprint density at radius 3 is 2.24 bits per heavy atom. The average molecular weight is 448 g/mol. The van der Waals surface area contributed by atoms with Crippen molar-refractivity contribution in [3.05, 3.63) is 95.6 Å². The number of ketones is 1. The summed E-state index contributed by atoms with van der Waals surface area (Å²) in [5, 5.41) is 12.6. The van der Waals surface area contributed by atoms with Crippen LogP contribution in [0.5, 0.6) is 11.5 Å². The summed E-state index contributed by atoms with van der Waals surface area (Å²) in [6, 6.07) is 19.1. The van der Waals surface area contributed by atoms with Gasteiger partial charge in [0.25, 0.3) is 0 Å². The molecule has 172 valence electrons. The molecule has 0 spiro atoms. The van der Waals surface area contributed by atoms with Crippen molar-refractivity contribution in [3.8, 4) is 11.5 Å². The summed E-state index contributed by atoms with van der Waals surface area (Å²) < 4.78 is 4.97. The van der Waals surface area contributed by atoms with E-state index in [9.17, 15) is 14.7 Å². The molecule has 3 aromatic rings. The Morgan fingerprint density at radius 2 is 1.67 bits per heavy atom. The molecule has 6 N–H and O–H groups in total. The van der Waals surface area contributed by atoms with Crippen molar-refractivity contribution >= 4 is 23.1 Å². The summed E-state index contributed by atoms with van der Waals surface area (Å²) in [5.41, 5.74) is 14.7. The maximum atomic E-state index is 12.2. The summed E-state index contributed by atoms with van der Waals surface area (Å²) >= 11 is 0. The fourth-order valence-corrected chi connectivity index (χ4v) is 2.85.